The molecule has 0 aromatic heterocycles. The third-order valence-electron chi connectivity index (χ3n) is 2.77. The number of rotatable bonds is 5. The van der Waals surface area contributed by atoms with E-state index in [1.54, 1.807) is 0 Å². The van der Waals surface area contributed by atoms with Gasteiger partial charge in [0.05, 0.1) is 6.54 Å². The zero-order valence-electron chi connectivity index (χ0n) is 11.5. The molecular weight excluding hydrogens is 276 g/mol. The SMILES string of the molecule is Cc1cccc(OCCNC(=O)c2cc(F)cc(F)c2)c1. The van der Waals surface area contributed by atoms with Gasteiger partial charge in [0.1, 0.15) is 24.0 Å². The van der Waals surface area contributed by atoms with Gasteiger partial charge in [-0.25, -0.2) is 8.78 Å². The molecule has 0 saturated heterocycles. The number of benzene rings is 2. The molecule has 0 aliphatic carbocycles. The molecule has 1 N–H and O–H groups in total. The summed E-state index contributed by atoms with van der Waals surface area (Å²) in [4.78, 5) is 11.7. The Hall–Kier alpha value is -2.43. The highest BCUT2D eigenvalue weighted by molar-refractivity contribution is 5.94. The molecule has 0 aliphatic heterocycles. The summed E-state index contributed by atoms with van der Waals surface area (Å²) < 4.78 is 31.4. The van der Waals surface area contributed by atoms with E-state index in [9.17, 15) is 13.6 Å². The molecule has 110 valence electrons. The second kappa shape index (κ2) is 6.83. The molecule has 2 rings (SSSR count). The van der Waals surface area contributed by atoms with Gasteiger partial charge in [-0.2, -0.15) is 0 Å². The first-order valence-corrected chi connectivity index (χ1v) is 6.48. The third kappa shape index (κ3) is 4.56. The molecule has 3 nitrogen and oxygen atoms in total. The third-order valence-corrected chi connectivity index (χ3v) is 2.77. The summed E-state index contributed by atoms with van der Waals surface area (Å²) in [7, 11) is 0. The average Bonchev–Trinajstić information content (AvgIpc) is 2.42. The molecule has 0 saturated carbocycles. The van der Waals surface area contributed by atoms with Crippen molar-refractivity contribution < 1.29 is 18.3 Å². The Kier molecular flexibility index (Phi) is 4.87. The van der Waals surface area contributed by atoms with Gasteiger partial charge in [0.2, 0.25) is 0 Å². The Morgan fingerprint density at radius 1 is 1.14 bits per heavy atom. The van der Waals surface area contributed by atoms with Crippen molar-refractivity contribution in [3.63, 3.8) is 0 Å². The largest absolute Gasteiger partial charge is 0.492 e. The Labute approximate surface area is 121 Å². The molecule has 1 amide bonds. The van der Waals surface area contributed by atoms with Gasteiger partial charge in [0, 0.05) is 11.6 Å². The highest BCUT2D eigenvalue weighted by Crippen LogP contribution is 2.12. The van der Waals surface area contributed by atoms with E-state index >= 15 is 0 Å². The van der Waals surface area contributed by atoms with Crippen LogP contribution in [0.5, 0.6) is 5.75 Å². The van der Waals surface area contributed by atoms with E-state index in [-0.39, 0.29) is 18.7 Å². The van der Waals surface area contributed by atoms with Crippen LogP contribution in [0.25, 0.3) is 0 Å². The lowest BCUT2D eigenvalue weighted by Crippen LogP contribution is -2.28. The van der Waals surface area contributed by atoms with Crippen LogP contribution >= 0.6 is 0 Å². The van der Waals surface area contributed by atoms with E-state index in [0.29, 0.717) is 5.75 Å². The fraction of sp³-hybridized carbons (Fsp3) is 0.188. The van der Waals surface area contributed by atoms with Crippen molar-refractivity contribution in [2.24, 2.45) is 0 Å². The first kappa shape index (κ1) is 15.0. The second-order valence-electron chi connectivity index (χ2n) is 4.58. The van der Waals surface area contributed by atoms with Crippen LogP contribution in [0, 0.1) is 18.6 Å². The summed E-state index contributed by atoms with van der Waals surface area (Å²) in [5, 5.41) is 2.54. The Balaban J connectivity index is 1.82. The van der Waals surface area contributed by atoms with E-state index in [1.807, 2.05) is 31.2 Å². The molecule has 2 aromatic rings. The maximum Gasteiger partial charge on any atom is 0.251 e. The van der Waals surface area contributed by atoms with Crippen molar-refractivity contribution in [1.82, 2.24) is 5.32 Å². The van der Waals surface area contributed by atoms with Crippen LogP contribution in [0.1, 0.15) is 15.9 Å². The molecule has 0 spiro atoms. The molecule has 5 heteroatoms. The summed E-state index contributed by atoms with van der Waals surface area (Å²) in [5.74, 6) is -1.39. The van der Waals surface area contributed by atoms with Crippen LogP contribution in [0.15, 0.2) is 42.5 Å². The van der Waals surface area contributed by atoms with E-state index < -0.39 is 17.5 Å². The average molecular weight is 291 g/mol. The van der Waals surface area contributed by atoms with E-state index in [1.165, 1.54) is 0 Å². The van der Waals surface area contributed by atoms with Gasteiger partial charge in [-0.3, -0.25) is 4.79 Å². The van der Waals surface area contributed by atoms with Crippen molar-refractivity contribution in [3.05, 3.63) is 65.2 Å². The van der Waals surface area contributed by atoms with Crippen molar-refractivity contribution in [1.29, 1.82) is 0 Å². The van der Waals surface area contributed by atoms with Crippen LogP contribution in [0.4, 0.5) is 8.78 Å². The normalized spacial score (nSPS) is 10.2. The molecular formula is C16H15F2NO2. The van der Waals surface area contributed by atoms with Gasteiger partial charge in [-0.1, -0.05) is 12.1 Å². The van der Waals surface area contributed by atoms with Gasteiger partial charge in [-0.05, 0) is 36.8 Å². The predicted molar refractivity (Wildman–Crippen MR) is 75.4 cm³/mol. The number of hydrogen-bond acceptors (Lipinski definition) is 2. The molecule has 0 atom stereocenters. The summed E-state index contributed by atoms with van der Waals surface area (Å²) in [6, 6.07) is 10.2. The quantitative estimate of drug-likeness (QED) is 0.860. The highest BCUT2D eigenvalue weighted by atomic mass is 19.1. The summed E-state index contributed by atoms with van der Waals surface area (Å²) in [6.07, 6.45) is 0. The lowest BCUT2D eigenvalue weighted by atomic mass is 10.2. The summed E-state index contributed by atoms with van der Waals surface area (Å²) in [6.45, 7) is 2.46. The topological polar surface area (TPSA) is 38.3 Å². The monoisotopic (exact) mass is 291 g/mol. The van der Waals surface area contributed by atoms with Crippen LogP contribution in [-0.2, 0) is 0 Å². The first-order chi connectivity index (χ1) is 10.0. The fourth-order valence-electron chi connectivity index (χ4n) is 1.83. The van der Waals surface area contributed by atoms with Crippen molar-refractivity contribution in [3.8, 4) is 5.75 Å². The number of ether oxygens (including phenoxy) is 1. The molecule has 0 heterocycles. The van der Waals surface area contributed by atoms with Crippen LogP contribution in [0.3, 0.4) is 0 Å². The smallest absolute Gasteiger partial charge is 0.251 e. The predicted octanol–water partition coefficient (Wildman–Crippen LogP) is 3.08. The van der Waals surface area contributed by atoms with E-state index in [4.69, 9.17) is 4.74 Å². The molecule has 0 radical (unpaired) electrons. The van der Waals surface area contributed by atoms with Crippen molar-refractivity contribution in [2.45, 2.75) is 6.92 Å². The summed E-state index contributed by atoms with van der Waals surface area (Å²) >= 11 is 0. The standard InChI is InChI=1S/C16H15F2NO2/c1-11-3-2-4-15(7-11)21-6-5-19-16(20)12-8-13(17)10-14(18)9-12/h2-4,7-10H,5-6H2,1H3,(H,19,20). The summed E-state index contributed by atoms with van der Waals surface area (Å²) in [5.41, 5.74) is 1.02. The second-order valence-corrected chi connectivity index (χ2v) is 4.58. The minimum atomic E-state index is -0.781. The number of carbonyl (C=O) groups excluding carboxylic acids is 1. The maximum absolute atomic E-state index is 13.0. The number of halogens is 2. The maximum atomic E-state index is 13.0. The Morgan fingerprint density at radius 2 is 1.86 bits per heavy atom. The minimum Gasteiger partial charge on any atom is -0.492 e. The number of carbonyl (C=O) groups is 1. The fourth-order valence-corrected chi connectivity index (χ4v) is 1.83. The van der Waals surface area contributed by atoms with Gasteiger partial charge in [-0.15, -0.1) is 0 Å². The number of aryl methyl sites for hydroxylation is 1. The first-order valence-electron chi connectivity index (χ1n) is 6.48. The highest BCUT2D eigenvalue weighted by Gasteiger charge is 2.08. The Bertz CT molecular complexity index is 624. The van der Waals surface area contributed by atoms with Gasteiger partial charge >= 0.3 is 0 Å². The van der Waals surface area contributed by atoms with Gasteiger partial charge < -0.3 is 10.1 Å². The molecule has 0 aliphatic rings. The van der Waals surface area contributed by atoms with Crippen LogP contribution in [-0.4, -0.2) is 19.1 Å². The number of nitrogens with one attached hydrogen (secondary N) is 1. The van der Waals surface area contributed by atoms with Crippen molar-refractivity contribution in [2.75, 3.05) is 13.2 Å². The van der Waals surface area contributed by atoms with Crippen LogP contribution < -0.4 is 10.1 Å². The lowest BCUT2D eigenvalue weighted by molar-refractivity contribution is 0.0946. The lowest BCUT2D eigenvalue weighted by Gasteiger charge is -2.08. The molecule has 0 fully saturated rings. The molecule has 0 bridgehead atoms. The number of hydrogen-bond donors (Lipinski definition) is 1. The van der Waals surface area contributed by atoms with E-state index in [0.717, 1.165) is 23.8 Å². The number of amides is 1. The molecule has 2 aromatic carbocycles. The van der Waals surface area contributed by atoms with Crippen molar-refractivity contribution >= 4 is 5.91 Å². The van der Waals surface area contributed by atoms with Gasteiger partial charge in [0.25, 0.3) is 5.91 Å². The zero-order chi connectivity index (χ0) is 15.2. The Morgan fingerprint density at radius 3 is 2.52 bits per heavy atom. The molecule has 0 unspecified atom stereocenters. The minimum absolute atomic E-state index is 0.0527. The van der Waals surface area contributed by atoms with Gasteiger partial charge in [0.15, 0.2) is 0 Å². The van der Waals surface area contributed by atoms with E-state index in [2.05, 4.69) is 5.32 Å². The van der Waals surface area contributed by atoms with Crippen LogP contribution in [0.2, 0.25) is 0 Å². The molecule has 21 heavy (non-hydrogen) atoms. The zero-order valence-corrected chi connectivity index (χ0v) is 11.5.